The largest absolute Gasteiger partial charge is 0.345 e. The highest BCUT2D eigenvalue weighted by Gasteiger charge is 2.09. The Hall–Kier alpha value is -2.54. The van der Waals surface area contributed by atoms with Crippen molar-refractivity contribution in [2.45, 2.75) is 40.5 Å². The Kier molecular flexibility index (Phi) is 7.03. The van der Waals surface area contributed by atoms with Crippen LogP contribution in [0, 0.1) is 6.92 Å². The van der Waals surface area contributed by atoms with E-state index in [2.05, 4.69) is 107 Å². The number of hydrogen-bond donors (Lipinski definition) is 0. The van der Waals surface area contributed by atoms with Gasteiger partial charge < -0.3 is 4.90 Å². The normalized spacial score (nSPS) is 12.2. The fourth-order valence-corrected chi connectivity index (χ4v) is 3.06. The van der Waals surface area contributed by atoms with Gasteiger partial charge in [-0.15, -0.1) is 0 Å². The van der Waals surface area contributed by atoms with Gasteiger partial charge in [-0.2, -0.15) is 0 Å². The molecule has 0 aliphatic rings. The summed E-state index contributed by atoms with van der Waals surface area (Å²) in [6, 6.07) is 17.2. The number of rotatable bonds is 7. The van der Waals surface area contributed by atoms with Crippen molar-refractivity contribution in [3.8, 4) is 0 Å². The van der Waals surface area contributed by atoms with E-state index in [0.29, 0.717) is 0 Å². The van der Waals surface area contributed by atoms with Crippen LogP contribution in [-0.2, 0) is 12.8 Å². The Balaban J connectivity index is 2.10. The van der Waals surface area contributed by atoms with Gasteiger partial charge in [-0.25, -0.2) is 0 Å². The molecule has 0 aliphatic heterocycles. The molecule has 0 saturated carbocycles. The smallest absolute Gasteiger partial charge is 0.0437 e. The maximum absolute atomic E-state index is 4.30. The summed E-state index contributed by atoms with van der Waals surface area (Å²) in [6.07, 6.45) is 6.42. The summed E-state index contributed by atoms with van der Waals surface area (Å²) in [7, 11) is 2.09. The van der Waals surface area contributed by atoms with Gasteiger partial charge in [0.05, 0.1) is 0 Å². The molecule has 0 fully saturated rings. The molecule has 136 valence electrons. The lowest BCUT2D eigenvalue weighted by Gasteiger charge is -2.24. The molecule has 26 heavy (non-hydrogen) atoms. The number of aryl methyl sites for hydroxylation is 2. The third-order valence-corrected chi connectivity index (χ3v) is 4.83. The van der Waals surface area contributed by atoms with Crippen LogP contribution in [0.1, 0.15) is 37.5 Å². The van der Waals surface area contributed by atoms with Crippen molar-refractivity contribution in [2.75, 3.05) is 11.9 Å². The van der Waals surface area contributed by atoms with E-state index in [-0.39, 0.29) is 0 Å². The molecule has 0 spiro atoms. The summed E-state index contributed by atoms with van der Waals surface area (Å²) in [5, 5.41) is 0. The molecule has 0 bridgehead atoms. The third kappa shape index (κ3) is 5.23. The first kappa shape index (κ1) is 19.8. The van der Waals surface area contributed by atoms with Gasteiger partial charge in [0.25, 0.3) is 0 Å². The molecule has 2 rings (SSSR count). The number of benzene rings is 2. The monoisotopic (exact) mass is 345 g/mol. The van der Waals surface area contributed by atoms with Crippen LogP contribution in [0.2, 0.25) is 0 Å². The lowest BCUT2D eigenvalue weighted by Crippen LogP contribution is -2.17. The number of anilines is 1. The molecule has 0 unspecified atom stereocenters. The van der Waals surface area contributed by atoms with E-state index in [1.165, 1.54) is 33.5 Å². The van der Waals surface area contributed by atoms with Gasteiger partial charge in [-0.1, -0.05) is 73.7 Å². The van der Waals surface area contributed by atoms with E-state index in [1.807, 2.05) is 0 Å². The van der Waals surface area contributed by atoms with Crippen molar-refractivity contribution < 1.29 is 0 Å². The van der Waals surface area contributed by atoms with Crippen LogP contribution in [0.5, 0.6) is 0 Å². The number of likely N-dealkylation sites (N-methyl/N-ethyl adjacent to an activating group) is 1. The summed E-state index contributed by atoms with van der Waals surface area (Å²) >= 11 is 0. The van der Waals surface area contributed by atoms with E-state index >= 15 is 0 Å². The average molecular weight is 346 g/mol. The fourth-order valence-electron chi connectivity index (χ4n) is 3.06. The molecule has 0 N–H and O–H groups in total. The molecule has 1 heteroatoms. The first-order chi connectivity index (χ1) is 12.4. The SMILES string of the molecule is C=C(/C(C)=C/C=C(\C)Cc1ccccc1)N(C)c1ccc(CC)cc1C. The van der Waals surface area contributed by atoms with Crippen molar-refractivity contribution in [1.29, 1.82) is 0 Å². The molecular formula is C25H31N. The van der Waals surface area contributed by atoms with Crippen LogP contribution in [0.3, 0.4) is 0 Å². The third-order valence-electron chi connectivity index (χ3n) is 4.83. The Bertz CT molecular complexity index is 809. The number of hydrogen-bond acceptors (Lipinski definition) is 1. The van der Waals surface area contributed by atoms with Gasteiger partial charge in [0.15, 0.2) is 0 Å². The van der Waals surface area contributed by atoms with Crippen molar-refractivity contribution in [1.82, 2.24) is 0 Å². The molecule has 1 nitrogen and oxygen atoms in total. The van der Waals surface area contributed by atoms with Crippen molar-refractivity contribution in [3.63, 3.8) is 0 Å². The topological polar surface area (TPSA) is 3.24 Å². The van der Waals surface area contributed by atoms with Crippen molar-refractivity contribution in [3.05, 3.63) is 101 Å². The first-order valence-corrected chi connectivity index (χ1v) is 9.33. The van der Waals surface area contributed by atoms with Crippen molar-refractivity contribution in [2.24, 2.45) is 0 Å². The molecule has 0 atom stereocenters. The Morgan fingerprint density at radius 3 is 2.31 bits per heavy atom. The van der Waals surface area contributed by atoms with E-state index in [9.17, 15) is 0 Å². The minimum Gasteiger partial charge on any atom is -0.345 e. The van der Waals surface area contributed by atoms with Gasteiger partial charge >= 0.3 is 0 Å². The molecule has 0 saturated heterocycles. The number of nitrogens with zero attached hydrogens (tertiary/aromatic N) is 1. The molecule has 0 aromatic heterocycles. The summed E-state index contributed by atoms with van der Waals surface area (Å²) in [4.78, 5) is 2.18. The van der Waals surface area contributed by atoms with Gasteiger partial charge in [-0.3, -0.25) is 0 Å². The van der Waals surface area contributed by atoms with Crippen molar-refractivity contribution >= 4 is 5.69 Å². The first-order valence-electron chi connectivity index (χ1n) is 9.33. The lowest BCUT2D eigenvalue weighted by molar-refractivity contribution is 1.07. The van der Waals surface area contributed by atoms with Crippen LogP contribution in [0.4, 0.5) is 5.69 Å². The molecule has 0 aliphatic carbocycles. The highest BCUT2D eigenvalue weighted by atomic mass is 15.1. The molecule has 2 aromatic carbocycles. The van der Waals surface area contributed by atoms with E-state index in [1.54, 1.807) is 0 Å². The van der Waals surface area contributed by atoms with Crippen LogP contribution < -0.4 is 4.90 Å². The zero-order chi connectivity index (χ0) is 19.1. The minimum absolute atomic E-state index is 0.977. The van der Waals surface area contributed by atoms with Gasteiger partial charge in [-0.05, 0) is 61.9 Å². The standard InChI is InChI=1S/C25H31N/c1-7-23-15-16-25(21(4)18-23)26(6)22(5)20(3)14-13-19(2)17-24-11-9-8-10-12-24/h8-16,18H,5,7,17H2,1-4,6H3/b19-13+,20-14+. The Labute approximate surface area is 159 Å². The Morgan fingerprint density at radius 2 is 1.69 bits per heavy atom. The highest BCUT2D eigenvalue weighted by molar-refractivity contribution is 5.60. The molecule has 0 amide bonds. The van der Waals surface area contributed by atoms with Crippen LogP contribution in [0.25, 0.3) is 0 Å². The van der Waals surface area contributed by atoms with Crippen LogP contribution in [-0.4, -0.2) is 7.05 Å². The lowest BCUT2D eigenvalue weighted by atomic mass is 10.0. The molecule has 0 heterocycles. The molecule has 0 radical (unpaired) electrons. The van der Waals surface area contributed by atoms with E-state index in [0.717, 1.165) is 18.5 Å². The predicted octanol–water partition coefficient (Wildman–Crippen LogP) is 6.64. The summed E-state index contributed by atoms with van der Waals surface area (Å²) in [5.41, 5.74) is 8.77. The predicted molar refractivity (Wildman–Crippen MR) is 116 cm³/mol. The maximum Gasteiger partial charge on any atom is 0.0437 e. The molecular weight excluding hydrogens is 314 g/mol. The zero-order valence-corrected chi connectivity index (χ0v) is 16.8. The second kappa shape index (κ2) is 9.24. The van der Waals surface area contributed by atoms with E-state index < -0.39 is 0 Å². The average Bonchev–Trinajstić information content (AvgIpc) is 2.65. The second-order valence-corrected chi connectivity index (χ2v) is 7.01. The highest BCUT2D eigenvalue weighted by Crippen LogP contribution is 2.26. The second-order valence-electron chi connectivity index (χ2n) is 7.01. The Morgan fingerprint density at radius 1 is 1.00 bits per heavy atom. The van der Waals surface area contributed by atoms with E-state index in [4.69, 9.17) is 0 Å². The summed E-state index contributed by atoms with van der Waals surface area (Å²) in [5.74, 6) is 0. The van der Waals surface area contributed by atoms with Crippen LogP contribution >= 0.6 is 0 Å². The fraction of sp³-hybridized carbons (Fsp3) is 0.280. The van der Waals surface area contributed by atoms with Gasteiger partial charge in [0.2, 0.25) is 0 Å². The summed E-state index contributed by atoms with van der Waals surface area (Å²) < 4.78 is 0. The van der Waals surface area contributed by atoms with Gasteiger partial charge in [0.1, 0.15) is 0 Å². The molecule has 2 aromatic rings. The maximum atomic E-state index is 4.30. The number of allylic oxidation sites excluding steroid dienone is 4. The summed E-state index contributed by atoms with van der Waals surface area (Å²) in [6.45, 7) is 13.0. The van der Waals surface area contributed by atoms with Gasteiger partial charge in [0, 0.05) is 18.4 Å². The van der Waals surface area contributed by atoms with Crippen LogP contribution in [0.15, 0.2) is 84.1 Å². The zero-order valence-electron chi connectivity index (χ0n) is 16.8. The quantitative estimate of drug-likeness (QED) is 0.508. The minimum atomic E-state index is 0.977.